The standard InChI is InChI=1S/C12H12BrN3/c13-10-2-1-3-11(4-10)16-8-15-7-12(16)9-5-14-6-9/h1-4,7-9,14H,5-6H2. The highest BCUT2D eigenvalue weighted by molar-refractivity contribution is 9.10. The first-order valence-corrected chi connectivity index (χ1v) is 6.13. The Bertz CT molecular complexity index is 502. The largest absolute Gasteiger partial charge is 0.315 e. The van der Waals surface area contributed by atoms with E-state index in [-0.39, 0.29) is 0 Å². The van der Waals surface area contributed by atoms with E-state index in [1.165, 1.54) is 5.69 Å². The average Bonchev–Trinajstić information content (AvgIpc) is 2.64. The second-order valence-electron chi connectivity index (χ2n) is 4.02. The van der Waals surface area contributed by atoms with E-state index in [4.69, 9.17) is 0 Å². The number of nitrogens with zero attached hydrogens (tertiary/aromatic N) is 2. The average molecular weight is 278 g/mol. The molecule has 3 nitrogen and oxygen atoms in total. The summed E-state index contributed by atoms with van der Waals surface area (Å²) in [7, 11) is 0. The topological polar surface area (TPSA) is 29.9 Å². The van der Waals surface area contributed by atoms with E-state index >= 15 is 0 Å². The predicted octanol–water partition coefficient (Wildman–Crippen LogP) is 2.32. The fraction of sp³-hybridized carbons (Fsp3) is 0.250. The van der Waals surface area contributed by atoms with Gasteiger partial charge in [0.1, 0.15) is 0 Å². The summed E-state index contributed by atoms with van der Waals surface area (Å²) in [6, 6.07) is 8.28. The van der Waals surface area contributed by atoms with Crippen LogP contribution in [0.25, 0.3) is 5.69 Å². The number of rotatable bonds is 2. The van der Waals surface area contributed by atoms with E-state index in [1.807, 2.05) is 24.7 Å². The van der Waals surface area contributed by atoms with Gasteiger partial charge < -0.3 is 9.88 Å². The van der Waals surface area contributed by atoms with E-state index in [0.717, 1.165) is 23.2 Å². The molecular formula is C12H12BrN3. The molecule has 2 heterocycles. The minimum Gasteiger partial charge on any atom is -0.315 e. The third-order valence-corrected chi connectivity index (χ3v) is 3.45. The van der Waals surface area contributed by atoms with Crippen molar-refractivity contribution in [3.8, 4) is 5.69 Å². The van der Waals surface area contributed by atoms with Gasteiger partial charge in [0.05, 0.1) is 6.33 Å². The number of aromatic nitrogens is 2. The predicted molar refractivity (Wildman–Crippen MR) is 66.9 cm³/mol. The lowest BCUT2D eigenvalue weighted by Crippen LogP contribution is -2.40. The maximum Gasteiger partial charge on any atom is 0.0994 e. The Morgan fingerprint density at radius 3 is 2.94 bits per heavy atom. The van der Waals surface area contributed by atoms with E-state index in [1.54, 1.807) is 0 Å². The molecule has 1 fully saturated rings. The Balaban J connectivity index is 2.02. The van der Waals surface area contributed by atoms with Crippen molar-refractivity contribution in [3.05, 3.63) is 47.0 Å². The maximum absolute atomic E-state index is 4.25. The molecule has 2 aromatic rings. The van der Waals surface area contributed by atoms with Gasteiger partial charge in [-0.1, -0.05) is 22.0 Å². The van der Waals surface area contributed by atoms with E-state index < -0.39 is 0 Å². The van der Waals surface area contributed by atoms with Crippen LogP contribution in [0.1, 0.15) is 11.6 Å². The van der Waals surface area contributed by atoms with Crippen LogP contribution < -0.4 is 5.32 Å². The number of hydrogen-bond acceptors (Lipinski definition) is 2. The third-order valence-electron chi connectivity index (χ3n) is 2.95. The fourth-order valence-corrected chi connectivity index (χ4v) is 2.33. The zero-order valence-corrected chi connectivity index (χ0v) is 10.3. The lowest BCUT2D eigenvalue weighted by atomic mass is 10.00. The number of nitrogens with one attached hydrogen (secondary N) is 1. The van der Waals surface area contributed by atoms with Crippen molar-refractivity contribution >= 4 is 15.9 Å². The van der Waals surface area contributed by atoms with Crippen molar-refractivity contribution in [2.75, 3.05) is 13.1 Å². The summed E-state index contributed by atoms with van der Waals surface area (Å²) in [5, 5.41) is 3.29. The molecule has 1 aromatic heterocycles. The number of halogens is 1. The van der Waals surface area contributed by atoms with Gasteiger partial charge in [0.15, 0.2) is 0 Å². The summed E-state index contributed by atoms with van der Waals surface area (Å²) in [5.41, 5.74) is 2.45. The molecule has 1 aromatic carbocycles. The highest BCUT2D eigenvalue weighted by Crippen LogP contribution is 2.23. The van der Waals surface area contributed by atoms with Crippen LogP contribution in [-0.2, 0) is 0 Å². The summed E-state index contributed by atoms with van der Waals surface area (Å²) in [6.07, 6.45) is 3.85. The number of imidazole rings is 1. The van der Waals surface area contributed by atoms with Crippen molar-refractivity contribution < 1.29 is 0 Å². The summed E-state index contributed by atoms with van der Waals surface area (Å²) >= 11 is 3.49. The molecule has 16 heavy (non-hydrogen) atoms. The molecule has 0 atom stereocenters. The van der Waals surface area contributed by atoms with Gasteiger partial charge in [-0.3, -0.25) is 0 Å². The van der Waals surface area contributed by atoms with Crippen molar-refractivity contribution in [2.24, 2.45) is 0 Å². The molecule has 0 saturated carbocycles. The number of hydrogen-bond donors (Lipinski definition) is 1. The summed E-state index contributed by atoms with van der Waals surface area (Å²) in [6.45, 7) is 2.11. The fourth-order valence-electron chi connectivity index (χ4n) is 1.95. The summed E-state index contributed by atoms with van der Waals surface area (Å²) < 4.78 is 3.26. The van der Waals surface area contributed by atoms with Gasteiger partial charge in [0.25, 0.3) is 0 Å². The highest BCUT2D eigenvalue weighted by Gasteiger charge is 2.22. The van der Waals surface area contributed by atoms with Crippen molar-refractivity contribution in [1.29, 1.82) is 0 Å². The van der Waals surface area contributed by atoms with Crippen LogP contribution in [-0.4, -0.2) is 22.6 Å². The van der Waals surface area contributed by atoms with Crippen LogP contribution in [0, 0.1) is 0 Å². The molecular weight excluding hydrogens is 266 g/mol. The van der Waals surface area contributed by atoms with Crippen molar-refractivity contribution in [2.45, 2.75) is 5.92 Å². The highest BCUT2D eigenvalue weighted by atomic mass is 79.9. The van der Waals surface area contributed by atoms with E-state index in [0.29, 0.717) is 5.92 Å². The Labute approximate surface area is 103 Å². The minimum atomic E-state index is 0.599. The molecule has 1 aliphatic rings. The molecule has 1 saturated heterocycles. The van der Waals surface area contributed by atoms with Crippen LogP contribution in [0.4, 0.5) is 0 Å². The molecule has 0 bridgehead atoms. The molecule has 1 aliphatic heterocycles. The third kappa shape index (κ3) is 1.68. The van der Waals surface area contributed by atoms with E-state index in [2.05, 4.69) is 42.9 Å². The summed E-state index contributed by atoms with van der Waals surface area (Å²) in [4.78, 5) is 4.25. The smallest absolute Gasteiger partial charge is 0.0994 e. The zero-order chi connectivity index (χ0) is 11.0. The SMILES string of the molecule is Brc1cccc(-n2cncc2C2CNC2)c1. The first kappa shape index (κ1) is 10.1. The first-order chi connectivity index (χ1) is 7.84. The van der Waals surface area contributed by atoms with Gasteiger partial charge in [0, 0.05) is 41.1 Å². The molecule has 0 radical (unpaired) electrons. The molecule has 0 unspecified atom stereocenters. The minimum absolute atomic E-state index is 0.599. The second kappa shape index (κ2) is 4.03. The van der Waals surface area contributed by atoms with Gasteiger partial charge in [-0.15, -0.1) is 0 Å². The Hall–Kier alpha value is -1.13. The lowest BCUT2D eigenvalue weighted by molar-refractivity contribution is 0.435. The maximum atomic E-state index is 4.25. The number of benzene rings is 1. The Morgan fingerprint density at radius 2 is 2.25 bits per heavy atom. The van der Waals surface area contributed by atoms with Gasteiger partial charge in [-0.2, -0.15) is 0 Å². The van der Waals surface area contributed by atoms with Gasteiger partial charge >= 0.3 is 0 Å². The van der Waals surface area contributed by atoms with Crippen LogP contribution in [0.5, 0.6) is 0 Å². The molecule has 82 valence electrons. The van der Waals surface area contributed by atoms with Gasteiger partial charge in [0.2, 0.25) is 0 Å². The molecule has 3 rings (SSSR count). The molecule has 0 aliphatic carbocycles. The molecule has 0 amide bonds. The zero-order valence-electron chi connectivity index (χ0n) is 8.73. The van der Waals surface area contributed by atoms with E-state index in [9.17, 15) is 0 Å². The first-order valence-electron chi connectivity index (χ1n) is 5.33. The van der Waals surface area contributed by atoms with Crippen LogP contribution >= 0.6 is 15.9 Å². The van der Waals surface area contributed by atoms with Crippen LogP contribution in [0.2, 0.25) is 0 Å². The normalized spacial score (nSPS) is 16.1. The van der Waals surface area contributed by atoms with Crippen LogP contribution in [0.3, 0.4) is 0 Å². The van der Waals surface area contributed by atoms with Gasteiger partial charge in [-0.25, -0.2) is 4.98 Å². The Kier molecular flexibility index (Phi) is 2.53. The second-order valence-corrected chi connectivity index (χ2v) is 4.94. The molecule has 4 heteroatoms. The molecule has 1 N–H and O–H groups in total. The van der Waals surface area contributed by atoms with Gasteiger partial charge in [-0.05, 0) is 18.2 Å². The molecule has 0 spiro atoms. The summed E-state index contributed by atoms with van der Waals surface area (Å²) in [5.74, 6) is 0.599. The van der Waals surface area contributed by atoms with Crippen molar-refractivity contribution in [3.63, 3.8) is 0 Å². The Morgan fingerprint density at radius 1 is 1.38 bits per heavy atom. The quantitative estimate of drug-likeness (QED) is 0.913. The lowest BCUT2D eigenvalue weighted by Gasteiger charge is -2.27. The van der Waals surface area contributed by atoms with Crippen LogP contribution in [0.15, 0.2) is 41.3 Å². The van der Waals surface area contributed by atoms with Crippen molar-refractivity contribution in [1.82, 2.24) is 14.9 Å². The monoisotopic (exact) mass is 277 g/mol.